The van der Waals surface area contributed by atoms with Crippen molar-refractivity contribution in [2.45, 2.75) is 12.5 Å². The molecule has 1 unspecified atom stereocenters. The first-order valence-electron chi connectivity index (χ1n) is 7.34. The average molecular weight is 312 g/mol. The van der Waals surface area contributed by atoms with Crippen LogP contribution in [0.3, 0.4) is 0 Å². The molecule has 2 N–H and O–H groups in total. The maximum atomic E-state index is 12.5. The average Bonchev–Trinajstić information content (AvgIpc) is 3.00. The highest BCUT2D eigenvalue weighted by Crippen LogP contribution is 2.37. The van der Waals surface area contributed by atoms with E-state index < -0.39 is 6.10 Å². The van der Waals surface area contributed by atoms with E-state index in [2.05, 4.69) is 0 Å². The molecule has 0 saturated carbocycles. The Balaban J connectivity index is 1.61. The highest BCUT2D eigenvalue weighted by Gasteiger charge is 2.32. The van der Waals surface area contributed by atoms with Gasteiger partial charge in [0.25, 0.3) is 5.91 Å². The summed E-state index contributed by atoms with van der Waals surface area (Å²) in [7, 11) is 1.74. The van der Waals surface area contributed by atoms with Crippen LogP contribution in [0.2, 0.25) is 0 Å². The topological polar surface area (TPSA) is 74.0 Å². The van der Waals surface area contributed by atoms with Crippen molar-refractivity contribution in [3.63, 3.8) is 0 Å². The van der Waals surface area contributed by atoms with Crippen molar-refractivity contribution in [1.82, 2.24) is 0 Å². The predicted molar refractivity (Wildman–Crippen MR) is 84.9 cm³/mol. The van der Waals surface area contributed by atoms with Crippen molar-refractivity contribution in [2.75, 3.05) is 24.5 Å². The van der Waals surface area contributed by atoms with E-state index in [1.54, 1.807) is 30.1 Å². The summed E-state index contributed by atoms with van der Waals surface area (Å²) in [5, 5.41) is 0. The molecular formula is C17H16N2O4. The monoisotopic (exact) mass is 312 g/mol. The molecule has 0 aliphatic carbocycles. The SMILES string of the molecule is CN1C(=O)C(Cc2ccc3c(c2)OCO3)Oc2cc(N)ccc21. The molecule has 6 nitrogen and oxygen atoms in total. The lowest BCUT2D eigenvalue weighted by Crippen LogP contribution is -2.44. The fourth-order valence-electron chi connectivity index (χ4n) is 2.85. The third-order valence-electron chi connectivity index (χ3n) is 4.08. The highest BCUT2D eigenvalue weighted by molar-refractivity contribution is 6.00. The van der Waals surface area contributed by atoms with Crippen molar-refractivity contribution < 1.29 is 19.0 Å². The summed E-state index contributed by atoms with van der Waals surface area (Å²) >= 11 is 0. The van der Waals surface area contributed by atoms with Crippen LogP contribution in [0, 0.1) is 0 Å². The Bertz CT molecular complexity index is 790. The molecule has 23 heavy (non-hydrogen) atoms. The van der Waals surface area contributed by atoms with Crippen molar-refractivity contribution in [3.05, 3.63) is 42.0 Å². The Kier molecular flexibility index (Phi) is 3.04. The first-order chi connectivity index (χ1) is 11.1. The number of fused-ring (bicyclic) bond motifs is 2. The van der Waals surface area contributed by atoms with Crippen LogP contribution in [-0.2, 0) is 11.2 Å². The molecule has 0 aromatic heterocycles. The Morgan fingerprint density at radius 1 is 1.13 bits per heavy atom. The molecule has 0 bridgehead atoms. The largest absolute Gasteiger partial charge is 0.478 e. The molecule has 0 saturated heterocycles. The van der Waals surface area contributed by atoms with Gasteiger partial charge >= 0.3 is 0 Å². The van der Waals surface area contributed by atoms with E-state index in [1.807, 2.05) is 18.2 Å². The lowest BCUT2D eigenvalue weighted by atomic mass is 10.0. The summed E-state index contributed by atoms with van der Waals surface area (Å²) < 4.78 is 16.5. The summed E-state index contributed by atoms with van der Waals surface area (Å²) in [5.74, 6) is 1.96. The van der Waals surface area contributed by atoms with Crippen LogP contribution in [-0.4, -0.2) is 25.9 Å². The summed E-state index contributed by atoms with van der Waals surface area (Å²) in [4.78, 5) is 14.1. The van der Waals surface area contributed by atoms with Crippen molar-refractivity contribution in [3.8, 4) is 17.2 Å². The van der Waals surface area contributed by atoms with Crippen LogP contribution in [0.5, 0.6) is 17.2 Å². The Hall–Kier alpha value is -2.89. The third kappa shape index (κ3) is 2.32. The number of nitrogens with two attached hydrogens (primary N) is 1. The van der Waals surface area contributed by atoms with Crippen LogP contribution in [0.25, 0.3) is 0 Å². The fourth-order valence-corrected chi connectivity index (χ4v) is 2.85. The number of hydrogen-bond donors (Lipinski definition) is 1. The lowest BCUT2D eigenvalue weighted by molar-refractivity contribution is -0.125. The summed E-state index contributed by atoms with van der Waals surface area (Å²) in [6, 6.07) is 10.9. The van der Waals surface area contributed by atoms with E-state index in [0.717, 1.165) is 17.0 Å². The number of hydrogen-bond acceptors (Lipinski definition) is 5. The molecule has 2 aromatic rings. The molecule has 2 heterocycles. The molecule has 0 fully saturated rings. The Labute approximate surface area is 133 Å². The number of nitrogen functional groups attached to an aromatic ring is 1. The predicted octanol–water partition coefficient (Wildman–Crippen LogP) is 1.96. The molecule has 2 aromatic carbocycles. The van der Waals surface area contributed by atoms with E-state index in [4.69, 9.17) is 19.9 Å². The number of anilines is 2. The van der Waals surface area contributed by atoms with Crippen LogP contribution >= 0.6 is 0 Å². The van der Waals surface area contributed by atoms with E-state index >= 15 is 0 Å². The molecule has 1 amide bonds. The maximum absolute atomic E-state index is 12.5. The fraction of sp³-hybridized carbons (Fsp3) is 0.235. The Morgan fingerprint density at radius 3 is 2.83 bits per heavy atom. The molecule has 118 valence electrons. The lowest BCUT2D eigenvalue weighted by Gasteiger charge is -2.32. The van der Waals surface area contributed by atoms with Crippen molar-refractivity contribution in [2.24, 2.45) is 0 Å². The molecule has 0 radical (unpaired) electrons. The maximum Gasteiger partial charge on any atom is 0.268 e. The van der Waals surface area contributed by atoms with Gasteiger partial charge < -0.3 is 24.8 Å². The van der Waals surface area contributed by atoms with Gasteiger partial charge in [-0.1, -0.05) is 6.07 Å². The van der Waals surface area contributed by atoms with Gasteiger partial charge in [-0.2, -0.15) is 0 Å². The van der Waals surface area contributed by atoms with E-state index in [1.165, 1.54) is 0 Å². The second-order valence-corrected chi connectivity index (χ2v) is 5.62. The molecule has 6 heteroatoms. The minimum Gasteiger partial charge on any atom is -0.478 e. The summed E-state index contributed by atoms with van der Waals surface area (Å²) in [6.07, 6.45) is -0.136. The molecule has 2 aliphatic heterocycles. The van der Waals surface area contributed by atoms with Crippen LogP contribution in [0.1, 0.15) is 5.56 Å². The van der Waals surface area contributed by atoms with Gasteiger partial charge in [0.2, 0.25) is 6.79 Å². The molecule has 0 spiro atoms. The smallest absolute Gasteiger partial charge is 0.268 e. The van der Waals surface area contributed by atoms with Crippen molar-refractivity contribution in [1.29, 1.82) is 0 Å². The normalized spacial score (nSPS) is 18.6. The zero-order chi connectivity index (χ0) is 16.0. The van der Waals surface area contributed by atoms with Gasteiger partial charge in [0.05, 0.1) is 5.69 Å². The van der Waals surface area contributed by atoms with Gasteiger partial charge in [-0.25, -0.2) is 0 Å². The van der Waals surface area contributed by atoms with Crippen molar-refractivity contribution >= 4 is 17.3 Å². The standard InChI is InChI=1S/C17H16N2O4/c1-19-12-4-3-11(18)8-14(12)23-16(17(19)20)7-10-2-5-13-15(6-10)22-9-21-13/h2-6,8,16H,7,9,18H2,1H3. The number of ether oxygens (including phenoxy) is 3. The first-order valence-corrected chi connectivity index (χ1v) is 7.34. The molecule has 4 rings (SSSR count). The zero-order valence-corrected chi connectivity index (χ0v) is 12.6. The number of likely N-dealkylation sites (N-methyl/N-ethyl adjacent to an activating group) is 1. The Morgan fingerprint density at radius 2 is 1.96 bits per heavy atom. The van der Waals surface area contributed by atoms with E-state index in [0.29, 0.717) is 23.6 Å². The van der Waals surface area contributed by atoms with E-state index in [-0.39, 0.29) is 12.7 Å². The summed E-state index contributed by atoms with van der Waals surface area (Å²) in [5.41, 5.74) is 8.09. The first kappa shape index (κ1) is 13.8. The molecular weight excluding hydrogens is 296 g/mol. The second kappa shape index (κ2) is 5.08. The minimum atomic E-state index is -0.588. The number of carbonyl (C=O) groups is 1. The van der Waals surface area contributed by atoms with Crippen LogP contribution in [0.15, 0.2) is 36.4 Å². The van der Waals surface area contributed by atoms with Gasteiger partial charge in [-0.15, -0.1) is 0 Å². The van der Waals surface area contributed by atoms with Gasteiger partial charge in [0.1, 0.15) is 5.75 Å². The van der Waals surface area contributed by atoms with Gasteiger partial charge in [0, 0.05) is 25.2 Å². The number of carbonyl (C=O) groups excluding carboxylic acids is 1. The molecule has 2 aliphatic rings. The van der Waals surface area contributed by atoms with Gasteiger partial charge in [-0.05, 0) is 29.8 Å². The zero-order valence-electron chi connectivity index (χ0n) is 12.6. The highest BCUT2D eigenvalue weighted by atomic mass is 16.7. The minimum absolute atomic E-state index is 0.0834. The third-order valence-corrected chi connectivity index (χ3v) is 4.08. The number of rotatable bonds is 2. The van der Waals surface area contributed by atoms with Gasteiger partial charge in [-0.3, -0.25) is 4.79 Å². The molecule has 1 atom stereocenters. The second-order valence-electron chi connectivity index (χ2n) is 5.62. The van der Waals surface area contributed by atoms with Crippen LogP contribution < -0.4 is 24.8 Å². The van der Waals surface area contributed by atoms with Gasteiger partial charge in [0.15, 0.2) is 17.6 Å². The van der Waals surface area contributed by atoms with E-state index in [9.17, 15) is 4.79 Å². The number of amides is 1. The quantitative estimate of drug-likeness (QED) is 0.858. The number of nitrogens with zero attached hydrogens (tertiary/aromatic N) is 1. The van der Waals surface area contributed by atoms with Crippen LogP contribution in [0.4, 0.5) is 11.4 Å². The summed E-state index contributed by atoms with van der Waals surface area (Å²) in [6.45, 7) is 0.229. The number of benzene rings is 2.